The lowest BCUT2D eigenvalue weighted by atomic mass is 10.2. The molecule has 0 spiro atoms. The number of aliphatic imine (C=N–C) groups is 1. The minimum atomic E-state index is -4.19. The van der Waals surface area contributed by atoms with Gasteiger partial charge in [-0.2, -0.15) is 13.2 Å². The summed E-state index contributed by atoms with van der Waals surface area (Å²) < 4.78 is 36.3. The van der Waals surface area contributed by atoms with E-state index in [-0.39, 0.29) is 37.1 Å². The Morgan fingerprint density at radius 3 is 2.45 bits per heavy atom. The van der Waals surface area contributed by atoms with Crippen molar-refractivity contribution >= 4 is 53.1 Å². The van der Waals surface area contributed by atoms with E-state index < -0.39 is 12.6 Å². The maximum Gasteiger partial charge on any atom is 0.390 e. The minimum absolute atomic E-state index is 0. The van der Waals surface area contributed by atoms with Crippen LogP contribution in [0.5, 0.6) is 0 Å². The summed E-state index contributed by atoms with van der Waals surface area (Å²) in [6.45, 7) is 2.39. The molecule has 22 heavy (non-hydrogen) atoms. The number of guanidine groups is 1. The van der Waals surface area contributed by atoms with Gasteiger partial charge >= 0.3 is 6.18 Å². The summed E-state index contributed by atoms with van der Waals surface area (Å²) >= 11 is 11.8. The Morgan fingerprint density at radius 2 is 1.91 bits per heavy atom. The van der Waals surface area contributed by atoms with E-state index in [0.717, 1.165) is 5.56 Å². The zero-order valence-electron chi connectivity index (χ0n) is 11.8. The summed E-state index contributed by atoms with van der Waals surface area (Å²) in [5, 5.41) is 6.49. The number of rotatable bonds is 5. The smallest absolute Gasteiger partial charge is 0.357 e. The number of hydrogen-bond donors (Lipinski definition) is 2. The normalized spacial score (nSPS) is 11.8. The summed E-state index contributed by atoms with van der Waals surface area (Å²) in [4.78, 5) is 4.19. The lowest BCUT2D eigenvalue weighted by Crippen LogP contribution is -2.38. The molecule has 3 nitrogen and oxygen atoms in total. The fourth-order valence-corrected chi connectivity index (χ4v) is 1.95. The largest absolute Gasteiger partial charge is 0.390 e. The summed E-state index contributed by atoms with van der Waals surface area (Å²) in [5.41, 5.74) is 0.745. The van der Waals surface area contributed by atoms with Crippen LogP contribution in [0.3, 0.4) is 0 Å². The zero-order valence-corrected chi connectivity index (χ0v) is 15.6. The highest BCUT2D eigenvalue weighted by Gasteiger charge is 2.26. The number of benzene rings is 1. The van der Waals surface area contributed by atoms with E-state index in [1.54, 1.807) is 18.2 Å². The lowest BCUT2D eigenvalue weighted by Gasteiger charge is -2.12. The van der Waals surface area contributed by atoms with Crippen molar-refractivity contribution in [3.63, 3.8) is 0 Å². The van der Waals surface area contributed by atoms with Crippen LogP contribution in [0, 0.1) is 0 Å². The number of nitrogens with one attached hydrogen (secondary N) is 2. The summed E-state index contributed by atoms with van der Waals surface area (Å²) in [7, 11) is 0. The van der Waals surface area contributed by atoms with Crippen LogP contribution in [0.25, 0.3) is 0 Å². The first-order chi connectivity index (χ1) is 9.81. The first-order valence-corrected chi connectivity index (χ1v) is 7.10. The van der Waals surface area contributed by atoms with Gasteiger partial charge in [0.2, 0.25) is 0 Å². The van der Waals surface area contributed by atoms with Crippen LogP contribution in [0.15, 0.2) is 23.2 Å². The van der Waals surface area contributed by atoms with Gasteiger partial charge in [-0.25, -0.2) is 4.99 Å². The second kappa shape index (κ2) is 10.4. The number of hydrogen-bond acceptors (Lipinski definition) is 1. The molecular formula is C13H17Cl2F3IN3. The Morgan fingerprint density at radius 1 is 1.23 bits per heavy atom. The SMILES string of the molecule is CCNC(=NCc1ccc(Cl)cc1Cl)NCCC(F)(F)F.I. The van der Waals surface area contributed by atoms with Crippen LogP contribution in [0.2, 0.25) is 10.0 Å². The van der Waals surface area contributed by atoms with Gasteiger partial charge in [0.25, 0.3) is 0 Å². The van der Waals surface area contributed by atoms with Gasteiger partial charge in [0.1, 0.15) is 0 Å². The molecule has 0 radical (unpaired) electrons. The molecule has 0 aliphatic rings. The zero-order chi connectivity index (χ0) is 15.9. The van der Waals surface area contributed by atoms with E-state index in [2.05, 4.69) is 15.6 Å². The molecule has 9 heteroatoms. The van der Waals surface area contributed by atoms with Crippen molar-refractivity contribution in [1.82, 2.24) is 10.6 Å². The fourth-order valence-electron chi connectivity index (χ4n) is 1.48. The van der Waals surface area contributed by atoms with E-state index in [9.17, 15) is 13.2 Å². The molecule has 1 aromatic carbocycles. The minimum Gasteiger partial charge on any atom is -0.357 e. The Labute approximate surface area is 154 Å². The Bertz CT molecular complexity index is 496. The molecule has 0 saturated carbocycles. The van der Waals surface area contributed by atoms with Gasteiger partial charge in [0.15, 0.2) is 5.96 Å². The summed E-state index contributed by atoms with van der Waals surface area (Å²) in [6.07, 6.45) is -5.11. The molecule has 0 amide bonds. The molecule has 2 N–H and O–H groups in total. The second-order valence-corrected chi connectivity index (χ2v) is 5.07. The molecule has 0 fully saturated rings. The third-order valence-corrected chi connectivity index (χ3v) is 3.05. The quantitative estimate of drug-likeness (QED) is 0.375. The van der Waals surface area contributed by atoms with Gasteiger partial charge in [-0.05, 0) is 24.6 Å². The van der Waals surface area contributed by atoms with Crippen molar-refractivity contribution in [2.45, 2.75) is 26.1 Å². The molecular weight excluding hydrogens is 453 g/mol. The van der Waals surface area contributed by atoms with Crippen molar-refractivity contribution in [3.8, 4) is 0 Å². The van der Waals surface area contributed by atoms with Crippen molar-refractivity contribution in [1.29, 1.82) is 0 Å². The first-order valence-electron chi connectivity index (χ1n) is 6.34. The van der Waals surface area contributed by atoms with Gasteiger partial charge < -0.3 is 10.6 Å². The van der Waals surface area contributed by atoms with Gasteiger partial charge in [0, 0.05) is 23.1 Å². The molecule has 1 aromatic rings. The van der Waals surface area contributed by atoms with E-state index in [0.29, 0.717) is 22.5 Å². The molecule has 126 valence electrons. The standard InChI is InChI=1S/C13H16Cl2F3N3.HI/c1-2-19-12(20-6-5-13(16,17)18)21-8-9-3-4-10(14)7-11(9)15;/h3-4,7H,2,5-6,8H2,1H3,(H2,19,20,21);1H. The number of halogens is 6. The highest BCUT2D eigenvalue weighted by molar-refractivity contribution is 14.0. The van der Waals surface area contributed by atoms with Crippen LogP contribution in [-0.2, 0) is 6.54 Å². The van der Waals surface area contributed by atoms with Gasteiger partial charge in [-0.1, -0.05) is 29.3 Å². The van der Waals surface area contributed by atoms with E-state index in [1.165, 1.54) is 0 Å². The maximum atomic E-state index is 12.1. The summed E-state index contributed by atoms with van der Waals surface area (Å²) in [5.74, 6) is 0.313. The van der Waals surface area contributed by atoms with E-state index >= 15 is 0 Å². The second-order valence-electron chi connectivity index (χ2n) is 4.22. The van der Waals surface area contributed by atoms with E-state index in [4.69, 9.17) is 23.2 Å². The predicted octanol–water partition coefficient (Wildman–Crippen LogP) is 4.62. The fraction of sp³-hybridized carbons (Fsp3) is 0.462. The molecule has 0 unspecified atom stereocenters. The Kier molecular flexibility index (Phi) is 10.2. The van der Waals surface area contributed by atoms with Crippen LogP contribution in [0.4, 0.5) is 13.2 Å². The van der Waals surface area contributed by atoms with Crippen LogP contribution < -0.4 is 10.6 Å². The monoisotopic (exact) mass is 469 g/mol. The molecule has 0 aromatic heterocycles. The van der Waals surface area contributed by atoms with Crippen molar-refractivity contribution < 1.29 is 13.2 Å². The lowest BCUT2D eigenvalue weighted by molar-refractivity contribution is -0.132. The van der Waals surface area contributed by atoms with E-state index in [1.807, 2.05) is 6.92 Å². The summed E-state index contributed by atoms with van der Waals surface area (Å²) in [6, 6.07) is 5.01. The molecule has 0 heterocycles. The van der Waals surface area contributed by atoms with Crippen LogP contribution >= 0.6 is 47.2 Å². The van der Waals surface area contributed by atoms with Gasteiger partial charge in [-0.3, -0.25) is 0 Å². The molecule has 0 atom stereocenters. The predicted molar refractivity (Wildman–Crippen MR) is 95.4 cm³/mol. The average molecular weight is 470 g/mol. The molecule has 0 bridgehead atoms. The maximum absolute atomic E-state index is 12.1. The topological polar surface area (TPSA) is 36.4 Å². The molecule has 0 aliphatic carbocycles. The van der Waals surface area contributed by atoms with Gasteiger partial charge in [0.05, 0.1) is 13.0 Å². The third-order valence-electron chi connectivity index (χ3n) is 2.47. The van der Waals surface area contributed by atoms with Gasteiger partial charge in [-0.15, -0.1) is 24.0 Å². The van der Waals surface area contributed by atoms with Crippen molar-refractivity contribution in [2.24, 2.45) is 4.99 Å². The molecule has 0 saturated heterocycles. The Hall–Kier alpha value is -0.410. The first kappa shape index (κ1) is 21.6. The number of alkyl halides is 3. The van der Waals surface area contributed by atoms with Crippen LogP contribution in [-0.4, -0.2) is 25.2 Å². The van der Waals surface area contributed by atoms with Crippen molar-refractivity contribution in [3.05, 3.63) is 33.8 Å². The number of nitrogens with zero attached hydrogens (tertiary/aromatic N) is 1. The molecule has 0 aliphatic heterocycles. The molecule has 1 rings (SSSR count). The highest BCUT2D eigenvalue weighted by atomic mass is 127. The van der Waals surface area contributed by atoms with Crippen molar-refractivity contribution in [2.75, 3.05) is 13.1 Å². The average Bonchev–Trinajstić information content (AvgIpc) is 2.36. The van der Waals surface area contributed by atoms with Crippen LogP contribution in [0.1, 0.15) is 18.9 Å². The Balaban J connectivity index is 0.00000441. The highest BCUT2D eigenvalue weighted by Crippen LogP contribution is 2.21. The third kappa shape index (κ3) is 8.89.